The molecule has 3 N–H and O–H groups in total. The lowest BCUT2D eigenvalue weighted by Crippen LogP contribution is -2.62. The molecule has 1 aliphatic rings. The van der Waals surface area contributed by atoms with E-state index in [0.29, 0.717) is 11.3 Å². The molecule has 3 amide bonds. The fraction of sp³-hybridized carbons (Fsp3) is 0.667. The Kier molecular flexibility index (Phi) is 7.92. The van der Waals surface area contributed by atoms with Crippen LogP contribution in [0.4, 0.5) is 10.5 Å². The minimum atomic E-state index is -0.243. The first-order chi connectivity index (χ1) is 13.9. The van der Waals surface area contributed by atoms with E-state index in [1.165, 1.54) is 0 Å². The van der Waals surface area contributed by atoms with Gasteiger partial charge in [0.15, 0.2) is 0 Å². The van der Waals surface area contributed by atoms with E-state index in [9.17, 15) is 9.59 Å². The molecule has 0 unspecified atom stereocenters. The largest absolute Gasteiger partial charge is 0.336 e. The third kappa shape index (κ3) is 7.01. The number of urea groups is 1. The summed E-state index contributed by atoms with van der Waals surface area (Å²) in [5.41, 5.74) is 1.30. The highest BCUT2D eigenvalue weighted by molar-refractivity contribution is 5.95. The smallest absolute Gasteiger partial charge is 0.319 e. The molecule has 0 saturated carbocycles. The monoisotopic (exact) mass is 416 g/mol. The zero-order valence-electron chi connectivity index (χ0n) is 19.8. The van der Waals surface area contributed by atoms with Crippen LogP contribution >= 0.6 is 0 Å². The van der Waals surface area contributed by atoms with E-state index in [2.05, 4.69) is 55.5 Å². The van der Waals surface area contributed by atoms with E-state index in [1.54, 1.807) is 12.1 Å². The van der Waals surface area contributed by atoms with E-state index in [4.69, 9.17) is 0 Å². The fourth-order valence-electron chi connectivity index (χ4n) is 4.56. The molecule has 1 aliphatic heterocycles. The van der Waals surface area contributed by atoms with Crippen molar-refractivity contribution in [3.63, 3.8) is 0 Å². The van der Waals surface area contributed by atoms with Crippen molar-refractivity contribution in [2.75, 3.05) is 11.9 Å². The number of anilines is 1. The van der Waals surface area contributed by atoms with Gasteiger partial charge in [-0.3, -0.25) is 4.79 Å². The molecule has 0 aliphatic carbocycles. The van der Waals surface area contributed by atoms with Crippen molar-refractivity contribution in [3.8, 4) is 0 Å². The number of hydrogen-bond donors (Lipinski definition) is 3. The SMILES string of the molecule is CCCCN(C(=O)c1ccc(NC(=O)NC(C)C)cc1)C1CC(C)(C)NC(C)(C)C1. The first-order valence-electron chi connectivity index (χ1n) is 11.2. The Balaban J connectivity index is 2.17. The molecule has 0 radical (unpaired) electrons. The number of unbranched alkanes of at least 4 members (excludes halogenated alkanes) is 1. The Morgan fingerprint density at radius 3 is 2.17 bits per heavy atom. The number of rotatable bonds is 7. The van der Waals surface area contributed by atoms with Gasteiger partial charge in [0.05, 0.1) is 0 Å². The van der Waals surface area contributed by atoms with Gasteiger partial charge in [-0.25, -0.2) is 4.79 Å². The van der Waals surface area contributed by atoms with E-state index in [-0.39, 0.29) is 35.1 Å². The van der Waals surface area contributed by atoms with Gasteiger partial charge in [0.2, 0.25) is 0 Å². The molecule has 0 spiro atoms. The van der Waals surface area contributed by atoms with Crippen LogP contribution in [0.25, 0.3) is 0 Å². The number of carbonyl (C=O) groups excluding carboxylic acids is 2. The second-order valence-corrected chi connectivity index (χ2v) is 10.1. The number of nitrogens with one attached hydrogen (secondary N) is 3. The molecule has 2 rings (SSSR count). The van der Waals surface area contributed by atoms with Gasteiger partial charge in [-0.15, -0.1) is 0 Å². The molecule has 6 nitrogen and oxygen atoms in total. The quantitative estimate of drug-likeness (QED) is 0.599. The molecule has 0 atom stereocenters. The summed E-state index contributed by atoms with van der Waals surface area (Å²) in [6.07, 6.45) is 3.91. The average molecular weight is 417 g/mol. The maximum Gasteiger partial charge on any atom is 0.319 e. The summed E-state index contributed by atoms with van der Waals surface area (Å²) < 4.78 is 0. The van der Waals surface area contributed by atoms with Crippen molar-refractivity contribution in [2.45, 2.75) is 97.3 Å². The number of hydrogen-bond acceptors (Lipinski definition) is 3. The predicted octanol–water partition coefficient (Wildman–Crippen LogP) is 4.77. The molecule has 0 aromatic heterocycles. The van der Waals surface area contributed by atoms with Crippen LogP contribution in [0.2, 0.25) is 0 Å². The lowest BCUT2D eigenvalue weighted by molar-refractivity contribution is 0.0441. The van der Waals surface area contributed by atoms with Gasteiger partial charge in [0.1, 0.15) is 0 Å². The average Bonchev–Trinajstić information content (AvgIpc) is 2.59. The maximum atomic E-state index is 13.5. The van der Waals surface area contributed by atoms with Crippen molar-refractivity contribution in [1.29, 1.82) is 0 Å². The number of carbonyl (C=O) groups is 2. The van der Waals surface area contributed by atoms with Crippen LogP contribution in [-0.4, -0.2) is 46.5 Å². The van der Waals surface area contributed by atoms with Crippen molar-refractivity contribution < 1.29 is 9.59 Å². The molecule has 1 aromatic rings. The van der Waals surface area contributed by atoms with Gasteiger partial charge in [-0.2, -0.15) is 0 Å². The molecule has 1 fully saturated rings. The van der Waals surface area contributed by atoms with Crippen LogP contribution in [0.1, 0.15) is 84.5 Å². The third-order valence-electron chi connectivity index (χ3n) is 5.43. The van der Waals surface area contributed by atoms with E-state index >= 15 is 0 Å². The summed E-state index contributed by atoms with van der Waals surface area (Å²) in [6.45, 7) is 15.6. The van der Waals surface area contributed by atoms with Crippen molar-refractivity contribution >= 4 is 17.6 Å². The molecular weight excluding hydrogens is 376 g/mol. The highest BCUT2D eigenvalue weighted by Gasteiger charge is 2.41. The van der Waals surface area contributed by atoms with Gasteiger partial charge in [-0.05, 0) is 85.1 Å². The topological polar surface area (TPSA) is 73.5 Å². The lowest BCUT2D eigenvalue weighted by atomic mass is 9.78. The fourth-order valence-corrected chi connectivity index (χ4v) is 4.56. The first kappa shape index (κ1) is 24.2. The number of benzene rings is 1. The highest BCUT2D eigenvalue weighted by atomic mass is 16.2. The minimum absolute atomic E-state index is 0.0191. The van der Waals surface area contributed by atoms with Crippen molar-refractivity contribution in [3.05, 3.63) is 29.8 Å². The van der Waals surface area contributed by atoms with Gasteiger partial charge in [-0.1, -0.05) is 13.3 Å². The van der Waals surface area contributed by atoms with Crippen LogP contribution in [-0.2, 0) is 0 Å². The minimum Gasteiger partial charge on any atom is -0.336 e. The van der Waals surface area contributed by atoms with Gasteiger partial charge < -0.3 is 20.9 Å². The van der Waals surface area contributed by atoms with E-state index in [0.717, 1.165) is 32.2 Å². The Morgan fingerprint density at radius 2 is 1.67 bits per heavy atom. The Labute approximate surface area is 182 Å². The van der Waals surface area contributed by atoms with Crippen molar-refractivity contribution in [1.82, 2.24) is 15.5 Å². The van der Waals surface area contributed by atoms with Gasteiger partial charge in [0, 0.05) is 41.0 Å². The standard InChI is InChI=1S/C24H40N4O2/c1-8-9-14-28(20-15-23(4,5)27-24(6,7)16-20)21(29)18-10-12-19(13-11-18)26-22(30)25-17(2)3/h10-13,17,20,27H,8-9,14-16H2,1-7H3,(H2,25,26,30). The van der Waals surface area contributed by atoms with Crippen LogP contribution in [0.3, 0.4) is 0 Å². The van der Waals surface area contributed by atoms with Crippen LogP contribution < -0.4 is 16.0 Å². The number of piperidine rings is 1. The second-order valence-electron chi connectivity index (χ2n) is 10.1. The normalized spacial score (nSPS) is 18.1. The Morgan fingerprint density at radius 1 is 1.10 bits per heavy atom. The molecule has 1 saturated heterocycles. The summed E-state index contributed by atoms with van der Waals surface area (Å²) >= 11 is 0. The zero-order chi connectivity index (χ0) is 22.5. The number of amides is 3. The summed E-state index contributed by atoms with van der Waals surface area (Å²) in [5, 5.41) is 9.31. The van der Waals surface area contributed by atoms with Crippen LogP contribution in [0, 0.1) is 0 Å². The molecule has 6 heteroatoms. The molecule has 1 aromatic carbocycles. The molecule has 168 valence electrons. The summed E-state index contributed by atoms with van der Waals surface area (Å²) in [5.74, 6) is 0.0696. The van der Waals surface area contributed by atoms with Crippen molar-refractivity contribution in [2.24, 2.45) is 0 Å². The van der Waals surface area contributed by atoms with E-state index < -0.39 is 0 Å². The molecule has 0 bridgehead atoms. The summed E-state index contributed by atoms with van der Waals surface area (Å²) in [4.78, 5) is 27.4. The second kappa shape index (κ2) is 9.82. The molecule has 1 heterocycles. The van der Waals surface area contributed by atoms with Gasteiger partial charge in [0.25, 0.3) is 5.91 Å². The lowest BCUT2D eigenvalue weighted by Gasteiger charge is -2.49. The van der Waals surface area contributed by atoms with Crippen LogP contribution in [0.5, 0.6) is 0 Å². The summed E-state index contributed by atoms with van der Waals surface area (Å²) in [6, 6.07) is 7.23. The first-order valence-corrected chi connectivity index (χ1v) is 11.2. The summed E-state index contributed by atoms with van der Waals surface area (Å²) in [7, 11) is 0. The predicted molar refractivity (Wildman–Crippen MR) is 124 cm³/mol. The van der Waals surface area contributed by atoms with E-state index in [1.807, 2.05) is 26.0 Å². The maximum absolute atomic E-state index is 13.5. The zero-order valence-corrected chi connectivity index (χ0v) is 19.8. The third-order valence-corrected chi connectivity index (χ3v) is 5.43. The molecule has 30 heavy (non-hydrogen) atoms. The molecular formula is C24H40N4O2. The highest BCUT2D eigenvalue weighted by Crippen LogP contribution is 2.32. The van der Waals surface area contributed by atoms with Crippen LogP contribution in [0.15, 0.2) is 24.3 Å². The number of nitrogens with zero attached hydrogens (tertiary/aromatic N) is 1. The Bertz CT molecular complexity index is 709. The van der Waals surface area contributed by atoms with Gasteiger partial charge >= 0.3 is 6.03 Å². The Hall–Kier alpha value is -2.08.